The first kappa shape index (κ1) is 11.3. The van der Waals surface area contributed by atoms with E-state index in [4.69, 9.17) is 14.2 Å². The van der Waals surface area contributed by atoms with Gasteiger partial charge in [0.15, 0.2) is 0 Å². The highest BCUT2D eigenvalue weighted by Gasteiger charge is 2.08. The van der Waals surface area contributed by atoms with Crippen LogP contribution in [0.1, 0.15) is 12.8 Å². The number of rotatable bonds is 0. The van der Waals surface area contributed by atoms with Crippen LogP contribution in [0.2, 0.25) is 0 Å². The van der Waals surface area contributed by atoms with E-state index in [9.17, 15) is 9.59 Å². The van der Waals surface area contributed by atoms with Gasteiger partial charge in [0.25, 0.3) is 0 Å². The molecule has 0 N–H and O–H groups in total. The lowest BCUT2D eigenvalue weighted by atomic mass is 10.3. The Bertz CT molecular complexity index is 252. The molecule has 15 heavy (non-hydrogen) atoms. The van der Waals surface area contributed by atoms with Crippen molar-refractivity contribution in [1.29, 1.82) is 0 Å². The minimum atomic E-state index is -0.427. The molecule has 0 spiro atoms. The average molecular weight is 212 g/mol. The van der Waals surface area contributed by atoms with Gasteiger partial charge in [-0.15, -0.1) is 0 Å². The standard InChI is InChI=1S/C10H12O5/c11-9-3-4-10(12)15-8-2-6-13-5-1-7-14-9/h1-2,5-6H,3-4,7-8H2/b5-1-,6-2-. The van der Waals surface area contributed by atoms with Crippen LogP contribution in [-0.2, 0) is 23.8 Å². The molecule has 5 nitrogen and oxygen atoms in total. The van der Waals surface area contributed by atoms with Gasteiger partial charge in [-0.1, -0.05) is 0 Å². The summed E-state index contributed by atoms with van der Waals surface area (Å²) in [7, 11) is 0. The minimum Gasteiger partial charge on any atom is -0.473 e. The van der Waals surface area contributed by atoms with E-state index in [1.54, 1.807) is 12.2 Å². The molecular weight excluding hydrogens is 200 g/mol. The second kappa shape index (κ2) is 6.64. The van der Waals surface area contributed by atoms with E-state index in [0.29, 0.717) is 0 Å². The molecule has 0 aromatic carbocycles. The molecule has 1 heterocycles. The molecule has 0 radical (unpaired) electrons. The Morgan fingerprint density at radius 3 is 1.80 bits per heavy atom. The summed E-state index contributed by atoms with van der Waals surface area (Å²) in [4.78, 5) is 22.0. The van der Waals surface area contributed by atoms with Crippen LogP contribution >= 0.6 is 0 Å². The molecule has 0 aromatic rings. The topological polar surface area (TPSA) is 61.8 Å². The van der Waals surface area contributed by atoms with E-state index < -0.39 is 11.9 Å². The summed E-state index contributed by atoms with van der Waals surface area (Å²) in [5.74, 6) is -0.854. The largest absolute Gasteiger partial charge is 0.473 e. The maximum absolute atomic E-state index is 11.0. The smallest absolute Gasteiger partial charge is 0.306 e. The Hall–Kier alpha value is -1.78. The fraction of sp³-hybridized carbons (Fsp3) is 0.400. The molecule has 0 atom stereocenters. The van der Waals surface area contributed by atoms with E-state index in [-0.39, 0.29) is 26.1 Å². The Labute approximate surface area is 87.3 Å². The molecule has 1 aliphatic rings. The predicted octanol–water partition coefficient (Wildman–Crippen LogP) is 0.911. The van der Waals surface area contributed by atoms with Crippen molar-refractivity contribution in [2.45, 2.75) is 12.8 Å². The molecular formula is C10H12O5. The van der Waals surface area contributed by atoms with Gasteiger partial charge in [-0.3, -0.25) is 9.59 Å². The Morgan fingerprint density at radius 2 is 1.33 bits per heavy atom. The van der Waals surface area contributed by atoms with Crippen LogP contribution in [0.3, 0.4) is 0 Å². The first-order valence-electron chi connectivity index (χ1n) is 4.56. The van der Waals surface area contributed by atoms with Crippen molar-refractivity contribution in [2.24, 2.45) is 0 Å². The zero-order valence-corrected chi connectivity index (χ0v) is 8.18. The van der Waals surface area contributed by atoms with Gasteiger partial charge in [-0.2, -0.15) is 0 Å². The fourth-order valence-corrected chi connectivity index (χ4v) is 0.866. The zero-order valence-electron chi connectivity index (χ0n) is 8.18. The van der Waals surface area contributed by atoms with Gasteiger partial charge >= 0.3 is 11.9 Å². The molecule has 82 valence electrons. The summed E-state index contributed by atoms with van der Waals surface area (Å²) >= 11 is 0. The maximum Gasteiger partial charge on any atom is 0.306 e. The third-order valence-electron chi connectivity index (χ3n) is 1.56. The monoisotopic (exact) mass is 212 g/mol. The molecule has 0 aliphatic carbocycles. The highest BCUT2D eigenvalue weighted by atomic mass is 16.5. The summed E-state index contributed by atoms with van der Waals surface area (Å²) in [6.07, 6.45) is 5.98. The molecule has 0 saturated carbocycles. The van der Waals surface area contributed by atoms with Crippen molar-refractivity contribution in [3.05, 3.63) is 24.7 Å². The molecule has 0 saturated heterocycles. The lowest BCUT2D eigenvalue weighted by molar-refractivity contribution is -0.149. The first-order valence-corrected chi connectivity index (χ1v) is 4.56. The van der Waals surface area contributed by atoms with Crippen molar-refractivity contribution in [1.82, 2.24) is 0 Å². The first-order chi connectivity index (χ1) is 7.29. The third kappa shape index (κ3) is 5.51. The van der Waals surface area contributed by atoms with E-state index in [1.165, 1.54) is 12.5 Å². The van der Waals surface area contributed by atoms with Crippen molar-refractivity contribution in [3.63, 3.8) is 0 Å². The Kier molecular flexibility index (Phi) is 5.00. The van der Waals surface area contributed by atoms with Gasteiger partial charge in [-0.25, -0.2) is 0 Å². The van der Waals surface area contributed by atoms with E-state index >= 15 is 0 Å². The summed E-state index contributed by atoms with van der Waals surface area (Å²) in [6, 6.07) is 0. The van der Waals surface area contributed by atoms with Crippen molar-refractivity contribution < 1.29 is 23.8 Å². The molecule has 0 bridgehead atoms. The number of cyclic esters (lactones) is 2. The molecule has 0 unspecified atom stereocenters. The van der Waals surface area contributed by atoms with Crippen LogP contribution in [0.5, 0.6) is 0 Å². The van der Waals surface area contributed by atoms with E-state index in [1.807, 2.05) is 0 Å². The predicted molar refractivity (Wildman–Crippen MR) is 50.5 cm³/mol. The molecule has 5 heteroatoms. The van der Waals surface area contributed by atoms with Crippen LogP contribution in [0.15, 0.2) is 24.7 Å². The molecule has 0 fully saturated rings. The van der Waals surface area contributed by atoms with Crippen LogP contribution in [-0.4, -0.2) is 25.2 Å². The number of hydrogen-bond donors (Lipinski definition) is 0. The van der Waals surface area contributed by atoms with E-state index in [0.717, 1.165) is 0 Å². The maximum atomic E-state index is 11.0. The van der Waals surface area contributed by atoms with Crippen molar-refractivity contribution in [2.75, 3.05) is 13.2 Å². The quantitative estimate of drug-likeness (QED) is 0.558. The van der Waals surface area contributed by atoms with Crippen LogP contribution < -0.4 is 0 Å². The summed E-state index contributed by atoms with van der Waals surface area (Å²) in [6.45, 7) is 0.281. The SMILES string of the molecule is O=C1CCC(=O)OC/C=C\O/C=C\CO1. The van der Waals surface area contributed by atoms with Crippen LogP contribution in [0, 0.1) is 0 Å². The zero-order chi connectivity index (χ0) is 10.9. The van der Waals surface area contributed by atoms with Gasteiger partial charge < -0.3 is 14.2 Å². The van der Waals surface area contributed by atoms with Crippen molar-refractivity contribution >= 4 is 11.9 Å². The van der Waals surface area contributed by atoms with Gasteiger partial charge in [0.05, 0.1) is 25.4 Å². The second-order valence-electron chi connectivity index (χ2n) is 2.75. The van der Waals surface area contributed by atoms with Gasteiger partial charge in [-0.05, 0) is 12.2 Å². The number of ether oxygens (including phenoxy) is 3. The summed E-state index contributed by atoms with van der Waals surface area (Å²) in [5.41, 5.74) is 0. The molecule has 0 amide bonds. The lowest BCUT2D eigenvalue weighted by Crippen LogP contribution is -2.10. The van der Waals surface area contributed by atoms with Crippen LogP contribution in [0.4, 0.5) is 0 Å². The fourth-order valence-electron chi connectivity index (χ4n) is 0.866. The Morgan fingerprint density at radius 1 is 0.867 bits per heavy atom. The number of hydrogen-bond acceptors (Lipinski definition) is 5. The summed E-state index contributed by atoms with van der Waals surface area (Å²) < 4.78 is 14.4. The minimum absolute atomic E-state index is 0.0389. The summed E-state index contributed by atoms with van der Waals surface area (Å²) in [5, 5.41) is 0. The highest BCUT2D eigenvalue weighted by Crippen LogP contribution is 1.97. The number of carbonyl (C=O) groups is 2. The van der Waals surface area contributed by atoms with Gasteiger partial charge in [0.2, 0.25) is 0 Å². The lowest BCUT2D eigenvalue weighted by Gasteiger charge is -2.01. The van der Waals surface area contributed by atoms with Gasteiger partial charge in [0, 0.05) is 0 Å². The average Bonchev–Trinajstić information content (AvgIpc) is 2.24. The third-order valence-corrected chi connectivity index (χ3v) is 1.56. The molecule has 0 aromatic heterocycles. The second-order valence-corrected chi connectivity index (χ2v) is 2.75. The number of carbonyl (C=O) groups excluding carboxylic acids is 2. The Balaban J connectivity index is 2.44. The normalized spacial score (nSPS) is 23.2. The van der Waals surface area contributed by atoms with Gasteiger partial charge in [0.1, 0.15) is 13.2 Å². The van der Waals surface area contributed by atoms with Crippen molar-refractivity contribution in [3.8, 4) is 0 Å². The molecule has 1 rings (SSSR count). The molecule has 1 aliphatic heterocycles. The number of esters is 2. The van der Waals surface area contributed by atoms with E-state index in [2.05, 4.69) is 0 Å². The van der Waals surface area contributed by atoms with Crippen LogP contribution in [0.25, 0.3) is 0 Å². The highest BCUT2D eigenvalue weighted by molar-refractivity contribution is 5.77.